The third-order valence-electron chi connectivity index (χ3n) is 5.25. The normalized spacial score (nSPS) is 10.9. The summed E-state index contributed by atoms with van der Waals surface area (Å²) in [5, 5.41) is 17.0. The number of aromatic nitrogens is 5. The predicted molar refractivity (Wildman–Crippen MR) is 135 cm³/mol. The zero-order valence-corrected chi connectivity index (χ0v) is 19.3. The Morgan fingerprint density at radius 2 is 1.47 bits per heavy atom. The van der Waals surface area contributed by atoms with Crippen molar-refractivity contribution < 1.29 is 4.79 Å². The summed E-state index contributed by atoms with van der Waals surface area (Å²) in [5.41, 5.74) is 3.62. The number of nitrogens with one attached hydrogen (secondary N) is 1. The maximum atomic E-state index is 12.9. The molecule has 1 amide bonds. The van der Waals surface area contributed by atoms with Crippen LogP contribution >= 0.6 is 11.8 Å². The molecular weight excluding hydrogens is 444 g/mol. The third kappa shape index (κ3) is 4.62. The van der Waals surface area contributed by atoms with Crippen LogP contribution in [-0.2, 0) is 11.8 Å². The Labute approximate surface area is 201 Å². The van der Waals surface area contributed by atoms with Crippen molar-refractivity contribution in [2.45, 2.75) is 5.16 Å². The number of benzene rings is 3. The van der Waals surface area contributed by atoms with E-state index in [4.69, 9.17) is 5.10 Å². The minimum Gasteiger partial charge on any atom is -0.310 e. The van der Waals surface area contributed by atoms with Crippen molar-refractivity contribution >= 4 is 23.5 Å². The number of rotatable bonds is 7. The zero-order chi connectivity index (χ0) is 23.3. The van der Waals surface area contributed by atoms with E-state index in [2.05, 4.69) is 15.5 Å². The van der Waals surface area contributed by atoms with E-state index in [0.717, 1.165) is 28.3 Å². The number of thioether (sulfide) groups is 1. The fourth-order valence-corrected chi connectivity index (χ4v) is 4.29. The summed E-state index contributed by atoms with van der Waals surface area (Å²) >= 11 is 1.34. The molecule has 0 fully saturated rings. The van der Waals surface area contributed by atoms with E-state index < -0.39 is 0 Å². The standard InChI is InChI=1S/C26H22N6OS/c1-31-25(20-13-7-3-8-14-20)28-29-26(31)34-18-24(33)27-23-17-22(19-11-5-2-6-12-19)30-32(23)21-15-9-4-10-16-21/h2-17H,18H2,1H3,(H,27,33). The van der Waals surface area contributed by atoms with E-state index in [1.54, 1.807) is 4.68 Å². The van der Waals surface area contributed by atoms with Gasteiger partial charge < -0.3 is 9.88 Å². The topological polar surface area (TPSA) is 77.6 Å². The van der Waals surface area contributed by atoms with Gasteiger partial charge in [-0.25, -0.2) is 4.68 Å². The van der Waals surface area contributed by atoms with Gasteiger partial charge in [0.2, 0.25) is 5.91 Å². The second kappa shape index (κ2) is 9.76. The number of anilines is 1. The molecule has 2 aromatic heterocycles. The smallest absolute Gasteiger partial charge is 0.236 e. The molecular formula is C26H22N6OS. The molecule has 34 heavy (non-hydrogen) atoms. The second-order valence-corrected chi connectivity index (χ2v) is 8.54. The molecule has 0 atom stereocenters. The monoisotopic (exact) mass is 466 g/mol. The van der Waals surface area contributed by atoms with E-state index in [9.17, 15) is 4.79 Å². The van der Waals surface area contributed by atoms with E-state index in [-0.39, 0.29) is 11.7 Å². The Morgan fingerprint density at radius 3 is 2.15 bits per heavy atom. The highest BCUT2D eigenvalue weighted by Crippen LogP contribution is 2.26. The van der Waals surface area contributed by atoms with Gasteiger partial charge in [0.25, 0.3) is 0 Å². The lowest BCUT2D eigenvalue weighted by molar-refractivity contribution is -0.113. The average molecular weight is 467 g/mol. The Bertz CT molecular complexity index is 1400. The third-order valence-corrected chi connectivity index (χ3v) is 6.27. The second-order valence-electron chi connectivity index (χ2n) is 7.60. The van der Waals surface area contributed by atoms with Gasteiger partial charge in [-0.05, 0) is 12.1 Å². The van der Waals surface area contributed by atoms with Crippen molar-refractivity contribution in [3.8, 4) is 28.3 Å². The number of hydrogen-bond acceptors (Lipinski definition) is 5. The van der Waals surface area contributed by atoms with Crippen LogP contribution in [0.25, 0.3) is 28.3 Å². The van der Waals surface area contributed by atoms with Gasteiger partial charge in [0.1, 0.15) is 5.82 Å². The van der Waals surface area contributed by atoms with Gasteiger partial charge in [-0.2, -0.15) is 5.10 Å². The summed E-state index contributed by atoms with van der Waals surface area (Å²) in [5.74, 6) is 1.42. The molecule has 0 saturated heterocycles. The van der Waals surface area contributed by atoms with Crippen LogP contribution in [0.3, 0.4) is 0 Å². The van der Waals surface area contributed by atoms with Gasteiger partial charge in [-0.3, -0.25) is 4.79 Å². The Kier molecular flexibility index (Phi) is 6.22. The molecule has 168 valence electrons. The molecule has 1 N–H and O–H groups in total. The summed E-state index contributed by atoms with van der Waals surface area (Å²) in [4.78, 5) is 12.9. The molecule has 0 radical (unpaired) electrons. The summed E-state index contributed by atoms with van der Waals surface area (Å²) in [6.45, 7) is 0. The fraction of sp³-hybridized carbons (Fsp3) is 0.0769. The van der Waals surface area contributed by atoms with E-state index in [1.165, 1.54) is 11.8 Å². The molecule has 0 aliphatic heterocycles. The highest BCUT2D eigenvalue weighted by molar-refractivity contribution is 7.99. The summed E-state index contributed by atoms with van der Waals surface area (Å²) in [6.07, 6.45) is 0. The number of hydrogen-bond donors (Lipinski definition) is 1. The maximum absolute atomic E-state index is 12.9. The zero-order valence-electron chi connectivity index (χ0n) is 18.5. The van der Waals surface area contributed by atoms with Crippen molar-refractivity contribution in [2.24, 2.45) is 7.05 Å². The summed E-state index contributed by atoms with van der Waals surface area (Å²) in [7, 11) is 1.90. The van der Waals surface area contributed by atoms with Gasteiger partial charge >= 0.3 is 0 Å². The first kappa shape index (κ1) is 21.7. The van der Waals surface area contributed by atoms with Gasteiger partial charge in [0.05, 0.1) is 17.1 Å². The molecule has 0 unspecified atom stereocenters. The number of amides is 1. The van der Waals surface area contributed by atoms with Crippen molar-refractivity contribution in [3.63, 3.8) is 0 Å². The van der Waals surface area contributed by atoms with Crippen molar-refractivity contribution in [2.75, 3.05) is 11.1 Å². The SMILES string of the molecule is Cn1c(SCC(=O)Nc2cc(-c3ccccc3)nn2-c2ccccc2)nnc1-c1ccccc1. The lowest BCUT2D eigenvalue weighted by Crippen LogP contribution is -2.17. The lowest BCUT2D eigenvalue weighted by atomic mass is 10.2. The first-order valence-electron chi connectivity index (χ1n) is 10.8. The fourth-order valence-electron chi connectivity index (χ4n) is 3.57. The van der Waals surface area contributed by atoms with Crippen LogP contribution in [0.1, 0.15) is 0 Å². The van der Waals surface area contributed by atoms with Crippen LogP contribution in [0.4, 0.5) is 5.82 Å². The van der Waals surface area contributed by atoms with Crippen LogP contribution in [-0.4, -0.2) is 36.2 Å². The quantitative estimate of drug-likeness (QED) is 0.339. The van der Waals surface area contributed by atoms with Gasteiger partial charge in [-0.1, -0.05) is 90.6 Å². The molecule has 5 rings (SSSR count). The maximum Gasteiger partial charge on any atom is 0.236 e. The first-order chi connectivity index (χ1) is 16.7. The summed E-state index contributed by atoms with van der Waals surface area (Å²) < 4.78 is 3.65. The number of para-hydroxylation sites is 1. The molecule has 2 heterocycles. The Hall–Kier alpha value is -4.17. The largest absolute Gasteiger partial charge is 0.310 e. The molecule has 0 saturated carbocycles. The van der Waals surface area contributed by atoms with Gasteiger partial charge in [0.15, 0.2) is 11.0 Å². The van der Waals surface area contributed by atoms with Crippen molar-refractivity contribution in [1.29, 1.82) is 0 Å². The van der Waals surface area contributed by atoms with E-state index in [0.29, 0.717) is 11.0 Å². The molecule has 5 aromatic rings. The average Bonchev–Trinajstić information content (AvgIpc) is 3.48. The van der Waals surface area contributed by atoms with Gasteiger partial charge in [-0.15, -0.1) is 10.2 Å². The van der Waals surface area contributed by atoms with Crippen LogP contribution in [0, 0.1) is 0 Å². The number of carbonyl (C=O) groups is 1. The molecule has 0 spiro atoms. The number of nitrogens with zero attached hydrogens (tertiary/aromatic N) is 5. The highest BCUT2D eigenvalue weighted by Gasteiger charge is 2.16. The van der Waals surface area contributed by atoms with E-state index >= 15 is 0 Å². The molecule has 3 aromatic carbocycles. The molecule has 0 aliphatic rings. The Morgan fingerprint density at radius 1 is 0.853 bits per heavy atom. The van der Waals surface area contributed by atoms with Crippen LogP contribution < -0.4 is 5.32 Å². The molecule has 7 nitrogen and oxygen atoms in total. The lowest BCUT2D eigenvalue weighted by Gasteiger charge is -2.09. The Balaban J connectivity index is 1.34. The van der Waals surface area contributed by atoms with Crippen molar-refractivity contribution in [3.05, 3.63) is 97.1 Å². The number of carbonyl (C=O) groups excluding carboxylic acids is 1. The van der Waals surface area contributed by atoms with Gasteiger partial charge in [0, 0.05) is 24.2 Å². The van der Waals surface area contributed by atoms with Crippen LogP contribution in [0.15, 0.2) is 102 Å². The van der Waals surface area contributed by atoms with E-state index in [1.807, 2.05) is 109 Å². The first-order valence-corrected chi connectivity index (χ1v) is 11.8. The van der Waals surface area contributed by atoms with Crippen molar-refractivity contribution in [1.82, 2.24) is 24.5 Å². The predicted octanol–water partition coefficient (Wildman–Crippen LogP) is 5.07. The minimum absolute atomic E-state index is 0.147. The summed E-state index contributed by atoms with van der Waals surface area (Å²) in [6, 6.07) is 31.4. The minimum atomic E-state index is -0.147. The molecule has 0 aliphatic carbocycles. The van der Waals surface area contributed by atoms with Crippen LogP contribution in [0.5, 0.6) is 0 Å². The highest BCUT2D eigenvalue weighted by atomic mass is 32.2. The molecule has 8 heteroatoms. The van der Waals surface area contributed by atoms with Crippen LogP contribution in [0.2, 0.25) is 0 Å². The molecule has 0 bridgehead atoms.